The number of nitrogens with one attached hydrogen (secondary N) is 1. The Hall–Kier alpha value is -0.840. The smallest absolute Gasteiger partial charge is 0.148 e. The average Bonchev–Trinajstić information content (AvgIpc) is 3.19. The highest BCUT2D eigenvalue weighted by molar-refractivity contribution is 9.10. The van der Waals surface area contributed by atoms with E-state index < -0.39 is 0 Å². The molecule has 1 saturated carbocycles. The van der Waals surface area contributed by atoms with E-state index in [2.05, 4.69) is 56.9 Å². The minimum Gasteiger partial charge on any atom is -0.369 e. The van der Waals surface area contributed by atoms with Gasteiger partial charge < -0.3 is 10.2 Å². The monoisotopic (exact) mass is 326 g/mol. The standard InChI is InChI=1S/C14H23BrN4/c1-4-7-16-13-12(15)14(18-9-17-13)19(10(2)3)8-11-5-6-11/h9-11H,4-8H2,1-3H3,(H,16,17,18). The summed E-state index contributed by atoms with van der Waals surface area (Å²) < 4.78 is 0.984. The number of halogens is 1. The van der Waals surface area contributed by atoms with Crippen molar-refractivity contribution in [2.75, 3.05) is 23.3 Å². The first-order chi connectivity index (χ1) is 9.13. The second-order valence-electron chi connectivity index (χ2n) is 5.48. The molecule has 0 amide bonds. The minimum atomic E-state index is 0.450. The summed E-state index contributed by atoms with van der Waals surface area (Å²) in [5.41, 5.74) is 0. The van der Waals surface area contributed by atoms with Gasteiger partial charge in [0.05, 0.1) is 0 Å². The van der Waals surface area contributed by atoms with Crippen molar-refractivity contribution in [2.24, 2.45) is 5.92 Å². The number of rotatable bonds is 7. The number of hydrogen-bond acceptors (Lipinski definition) is 4. The largest absolute Gasteiger partial charge is 0.369 e. The first kappa shape index (κ1) is 14.6. The van der Waals surface area contributed by atoms with Crippen LogP contribution in [0.5, 0.6) is 0 Å². The first-order valence-electron chi connectivity index (χ1n) is 7.14. The Labute approximate surface area is 124 Å². The van der Waals surface area contributed by atoms with Crippen LogP contribution in [0.2, 0.25) is 0 Å². The van der Waals surface area contributed by atoms with E-state index in [9.17, 15) is 0 Å². The van der Waals surface area contributed by atoms with E-state index in [0.717, 1.165) is 41.5 Å². The lowest BCUT2D eigenvalue weighted by Crippen LogP contribution is -2.34. The summed E-state index contributed by atoms with van der Waals surface area (Å²) >= 11 is 3.66. The van der Waals surface area contributed by atoms with E-state index in [1.807, 2.05) is 0 Å². The highest BCUT2D eigenvalue weighted by Gasteiger charge is 2.27. The fourth-order valence-electron chi connectivity index (χ4n) is 2.05. The molecule has 0 spiro atoms. The third kappa shape index (κ3) is 3.81. The van der Waals surface area contributed by atoms with Crippen LogP contribution in [0.1, 0.15) is 40.0 Å². The first-order valence-corrected chi connectivity index (χ1v) is 7.93. The molecule has 1 aliphatic rings. The van der Waals surface area contributed by atoms with E-state index in [1.165, 1.54) is 12.8 Å². The number of hydrogen-bond donors (Lipinski definition) is 1. The van der Waals surface area contributed by atoms with Crippen LogP contribution in [0.25, 0.3) is 0 Å². The average molecular weight is 327 g/mol. The molecule has 1 aromatic heterocycles. The molecule has 4 nitrogen and oxygen atoms in total. The van der Waals surface area contributed by atoms with Gasteiger partial charge in [0.15, 0.2) is 0 Å². The van der Waals surface area contributed by atoms with Gasteiger partial charge in [-0.15, -0.1) is 0 Å². The van der Waals surface area contributed by atoms with Crippen molar-refractivity contribution in [3.05, 3.63) is 10.8 Å². The highest BCUT2D eigenvalue weighted by atomic mass is 79.9. The summed E-state index contributed by atoms with van der Waals surface area (Å²) in [5.74, 6) is 2.75. The van der Waals surface area contributed by atoms with Crippen molar-refractivity contribution >= 4 is 27.6 Å². The van der Waals surface area contributed by atoms with Gasteiger partial charge in [0, 0.05) is 19.1 Å². The van der Waals surface area contributed by atoms with Crippen LogP contribution in [0.15, 0.2) is 10.8 Å². The molecule has 0 unspecified atom stereocenters. The van der Waals surface area contributed by atoms with Crippen LogP contribution >= 0.6 is 15.9 Å². The lowest BCUT2D eigenvalue weighted by Gasteiger charge is -2.29. The van der Waals surface area contributed by atoms with Crippen LogP contribution in [0.4, 0.5) is 11.6 Å². The summed E-state index contributed by atoms with van der Waals surface area (Å²) in [6, 6.07) is 0.450. The molecule has 1 aliphatic carbocycles. The summed E-state index contributed by atoms with van der Waals surface area (Å²) in [6.07, 6.45) is 5.45. The van der Waals surface area contributed by atoms with Gasteiger partial charge >= 0.3 is 0 Å². The maximum Gasteiger partial charge on any atom is 0.148 e. The SMILES string of the molecule is CCCNc1ncnc(N(CC2CC2)C(C)C)c1Br. The van der Waals surface area contributed by atoms with E-state index in [-0.39, 0.29) is 0 Å². The minimum absolute atomic E-state index is 0.450. The Kier molecular flexibility index (Phi) is 5.02. The van der Waals surface area contributed by atoms with Crippen molar-refractivity contribution in [2.45, 2.75) is 46.1 Å². The molecular weight excluding hydrogens is 304 g/mol. The van der Waals surface area contributed by atoms with Crippen molar-refractivity contribution in [3.63, 3.8) is 0 Å². The van der Waals surface area contributed by atoms with Crippen LogP contribution in [0.3, 0.4) is 0 Å². The lowest BCUT2D eigenvalue weighted by atomic mass is 10.2. The summed E-state index contributed by atoms with van der Waals surface area (Å²) in [5, 5.41) is 3.34. The third-order valence-corrected chi connectivity index (χ3v) is 4.09. The zero-order valence-electron chi connectivity index (χ0n) is 12.0. The zero-order chi connectivity index (χ0) is 13.8. The maximum atomic E-state index is 4.48. The molecule has 0 radical (unpaired) electrons. The molecule has 1 N–H and O–H groups in total. The molecule has 106 valence electrons. The molecule has 19 heavy (non-hydrogen) atoms. The topological polar surface area (TPSA) is 41.1 Å². The maximum absolute atomic E-state index is 4.48. The molecule has 0 aliphatic heterocycles. The Morgan fingerprint density at radius 3 is 2.74 bits per heavy atom. The lowest BCUT2D eigenvalue weighted by molar-refractivity contribution is 0.634. The normalized spacial score (nSPS) is 14.8. The van der Waals surface area contributed by atoms with Crippen LogP contribution in [0, 0.1) is 5.92 Å². The van der Waals surface area contributed by atoms with Gasteiger partial charge in [0.2, 0.25) is 0 Å². The van der Waals surface area contributed by atoms with Gasteiger partial charge in [-0.25, -0.2) is 9.97 Å². The van der Waals surface area contributed by atoms with E-state index >= 15 is 0 Å². The molecule has 0 aromatic carbocycles. The zero-order valence-corrected chi connectivity index (χ0v) is 13.6. The molecule has 0 atom stereocenters. The molecule has 0 bridgehead atoms. The van der Waals surface area contributed by atoms with Crippen molar-refractivity contribution in [1.82, 2.24) is 9.97 Å². The third-order valence-electron chi connectivity index (χ3n) is 3.36. The van der Waals surface area contributed by atoms with Crippen LogP contribution < -0.4 is 10.2 Å². The predicted molar refractivity (Wildman–Crippen MR) is 83.7 cm³/mol. The summed E-state index contributed by atoms with van der Waals surface area (Å²) in [6.45, 7) is 8.61. The molecule has 1 aromatic rings. The second kappa shape index (κ2) is 6.55. The van der Waals surface area contributed by atoms with Crippen LogP contribution in [-0.2, 0) is 0 Å². The molecule has 5 heteroatoms. The van der Waals surface area contributed by atoms with Gasteiger partial charge in [-0.1, -0.05) is 6.92 Å². The Morgan fingerprint density at radius 2 is 2.16 bits per heavy atom. The van der Waals surface area contributed by atoms with Gasteiger partial charge in [0.25, 0.3) is 0 Å². The van der Waals surface area contributed by atoms with Crippen molar-refractivity contribution < 1.29 is 0 Å². The number of anilines is 2. The van der Waals surface area contributed by atoms with Gasteiger partial charge in [-0.3, -0.25) is 0 Å². The second-order valence-corrected chi connectivity index (χ2v) is 6.27. The van der Waals surface area contributed by atoms with Gasteiger partial charge in [-0.2, -0.15) is 0 Å². The van der Waals surface area contributed by atoms with E-state index in [0.29, 0.717) is 6.04 Å². The Morgan fingerprint density at radius 1 is 1.42 bits per heavy atom. The quantitative estimate of drug-likeness (QED) is 0.829. The van der Waals surface area contributed by atoms with Crippen molar-refractivity contribution in [3.8, 4) is 0 Å². The molecular formula is C14H23BrN4. The Balaban J connectivity index is 2.20. The summed E-state index contributed by atoms with van der Waals surface area (Å²) in [7, 11) is 0. The van der Waals surface area contributed by atoms with E-state index in [1.54, 1.807) is 6.33 Å². The molecule has 0 saturated heterocycles. The van der Waals surface area contributed by atoms with E-state index in [4.69, 9.17) is 0 Å². The van der Waals surface area contributed by atoms with Gasteiger partial charge in [-0.05, 0) is 55.0 Å². The Bertz CT molecular complexity index is 418. The van der Waals surface area contributed by atoms with Crippen molar-refractivity contribution in [1.29, 1.82) is 0 Å². The predicted octanol–water partition coefficient (Wildman–Crippen LogP) is 3.69. The fourth-order valence-corrected chi connectivity index (χ4v) is 2.62. The number of nitrogens with zero attached hydrogens (tertiary/aromatic N) is 3. The highest BCUT2D eigenvalue weighted by Crippen LogP contribution is 2.35. The molecule has 1 fully saturated rings. The van der Waals surface area contributed by atoms with Crippen LogP contribution in [-0.4, -0.2) is 29.1 Å². The molecule has 2 rings (SSSR count). The van der Waals surface area contributed by atoms with Gasteiger partial charge in [0.1, 0.15) is 22.4 Å². The summed E-state index contributed by atoms with van der Waals surface area (Å²) in [4.78, 5) is 11.2. The molecule has 1 heterocycles. The fraction of sp³-hybridized carbons (Fsp3) is 0.714. The number of aromatic nitrogens is 2.